The Morgan fingerprint density at radius 1 is 1.00 bits per heavy atom. The first-order valence-electron chi connectivity index (χ1n) is 12.7. The number of fused-ring (bicyclic) bond motifs is 1. The van der Waals surface area contributed by atoms with E-state index in [-0.39, 0.29) is 30.2 Å². The van der Waals surface area contributed by atoms with Crippen LogP contribution in [-0.4, -0.2) is 70.8 Å². The number of hydrogen-bond acceptors (Lipinski definition) is 8. The maximum Gasteiger partial charge on any atom is 0.573 e. The molecule has 0 aliphatic rings. The number of benzene rings is 2. The predicted molar refractivity (Wildman–Crippen MR) is 147 cm³/mol. The Kier molecular flexibility index (Phi) is 9.91. The summed E-state index contributed by atoms with van der Waals surface area (Å²) in [6.07, 6.45) is -8.03. The van der Waals surface area contributed by atoms with E-state index in [0.29, 0.717) is 27.4 Å². The van der Waals surface area contributed by atoms with Crippen LogP contribution in [-0.2, 0) is 10.5 Å². The Morgan fingerprint density at radius 3 is 2.39 bits per heavy atom. The van der Waals surface area contributed by atoms with Gasteiger partial charge in [0, 0.05) is 24.6 Å². The standard InChI is InChI=1S/C28H24F6N4O5S/c1-17-21(35-12-11-23(17)42-16-27(29,30)31)15-44-25-36-20-5-3-4-6-22(20)38(25)26(40)37(2)13-14-41-24(39)18-7-9-19(10-8-18)43-28(32,33)34/h3-12H,13-16H2,1-2H3. The van der Waals surface area contributed by atoms with Crippen molar-refractivity contribution in [2.24, 2.45) is 0 Å². The average Bonchev–Trinajstić information content (AvgIpc) is 3.33. The van der Waals surface area contributed by atoms with Gasteiger partial charge in [-0.25, -0.2) is 19.1 Å². The molecule has 0 atom stereocenters. The zero-order chi connectivity index (χ0) is 32.1. The minimum absolute atomic E-state index is 0.00966. The molecule has 0 bridgehead atoms. The van der Waals surface area contributed by atoms with Crippen molar-refractivity contribution < 1.29 is 50.1 Å². The van der Waals surface area contributed by atoms with Crippen LogP contribution >= 0.6 is 11.8 Å². The van der Waals surface area contributed by atoms with E-state index in [4.69, 9.17) is 9.47 Å². The van der Waals surface area contributed by atoms with Crippen molar-refractivity contribution in [3.63, 3.8) is 0 Å². The van der Waals surface area contributed by atoms with Crippen LogP contribution < -0.4 is 9.47 Å². The third kappa shape index (κ3) is 8.55. The predicted octanol–water partition coefficient (Wildman–Crippen LogP) is 6.63. The van der Waals surface area contributed by atoms with Crippen LogP contribution in [0.1, 0.15) is 21.6 Å². The second-order valence-electron chi connectivity index (χ2n) is 9.20. The molecule has 0 aliphatic heterocycles. The molecule has 44 heavy (non-hydrogen) atoms. The van der Waals surface area contributed by atoms with Crippen LogP contribution in [0.5, 0.6) is 11.5 Å². The van der Waals surface area contributed by atoms with Crippen molar-refractivity contribution >= 4 is 34.8 Å². The number of carbonyl (C=O) groups is 2. The molecule has 0 N–H and O–H groups in total. The molecule has 1 amide bonds. The number of imidazole rings is 1. The van der Waals surface area contributed by atoms with E-state index in [1.807, 2.05) is 0 Å². The number of esters is 1. The van der Waals surface area contributed by atoms with Gasteiger partial charge < -0.3 is 19.1 Å². The molecule has 2 aromatic heterocycles. The lowest BCUT2D eigenvalue weighted by Gasteiger charge is -2.19. The van der Waals surface area contributed by atoms with E-state index < -0.39 is 36.9 Å². The second kappa shape index (κ2) is 13.4. The quantitative estimate of drug-likeness (QED) is 0.108. The zero-order valence-electron chi connectivity index (χ0n) is 23.1. The molecule has 0 saturated heterocycles. The highest BCUT2D eigenvalue weighted by atomic mass is 32.2. The van der Waals surface area contributed by atoms with Gasteiger partial charge >= 0.3 is 24.5 Å². The Hall–Kier alpha value is -4.47. The van der Waals surface area contributed by atoms with E-state index in [9.17, 15) is 35.9 Å². The van der Waals surface area contributed by atoms with E-state index >= 15 is 0 Å². The molecular weight excluding hydrogens is 618 g/mol. The van der Waals surface area contributed by atoms with Gasteiger partial charge in [0.2, 0.25) is 0 Å². The smallest absolute Gasteiger partial charge is 0.484 e. The summed E-state index contributed by atoms with van der Waals surface area (Å²) < 4.78 is 90.1. The van der Waals surface area contributed by atoms with Crippen LogP contribution in [0, 0.1) is 6.92 Å². The molecule has 0 aliphatic carbocycles. The van der Waals surface area contributed by atoms with Gasteiger partial charge in [-0.1, -0.05) is 23.9 Å². The summed E-state index contributed by atoms with van der Waals surface area (Å²) in [5.74, 6) is -1.09. The highest BCUT2D eigenvalue weighted by Crippen LogP contribution is 2.30. The molecule has 0 spiro atoms. The normalized spacial score (nSPS) is 11.8. The number of halogens is 6. The first-order chi connectivity index (χ1) is 20.7. The fourth-order valence-corrected chi connectivity index (χ4v) is 4.88. The number of carbonyl (C=O) groups excluding carboxylic acids is 2. The lowest BCUT2D eigenvalue weighted by molar-refractivity contribution is -0.274. The highest BCUT2D eigenvalue weighted by Gasteiger charge is 2.31. The molecule has 2 aromatic carbocycles. The SMILES string of the molecule is Cc1c(OCC(F)(F)F)ccnc1CSc1nc2ccccc2n1C(=O)N(C)CCOC(=O)c1ccc(OC(F)(F)F)cc1. The summed E-state index contributed by atoms with van der Waals surface area (Å²) in [6.45, 7) is -0.109. The molecule has 2 heterocycles. The van der Waals surface area contributed by atoms with Gasteiger partial charge in [-0.15, -0.1) is 13.2 Å². The monoisotopic (exact) mass is 642 g/mol. The van der Waals surface area contributed by atoms with Crippen molar-refractivity contribution in [3.05, 3.63) is 77.6 Å². The summed E-state index contributed by atoms with van der Waals surface area (Å²) in [4.78, 5) is 35.9. The minimum Gasteiger partial charge on any atom is -0.484 e. The van der Waals surface area contributed by atoms with Crippen LogP contribution in [0.25, 0.3) is 11.0 Å². The van der Waals surface area contributed by atoms with Crippen molar-refractivity contribution in [3.8, 4) is 11.5 Å². The molecule has 0 saturated carbocycles. The van der Waals surface area contributed by atoms with Crippen LogP contribution in [0.3, 0.4) is 0 Å². The Morgan fingerprint density at radius 2 is 1.70 bits per heavy atom. The van der Waals surface area contributed by atoms with Crippen LogP contribution in [0.15, 0.2) is 66.0 Å². The number of rotatable bonds is 10. The number of para-hydroxylation sites is 2. The molecular formula is C28H24F6N4O5S. The number of ether oxygens (including phenoxy) is 3. The van der Waals surface area contributed by atoms with Gasteiger partial charge in [0.05, 0.1) is 28.8 Å². The number of nitrogens with zero attached hydrogens (tertiary/aromatic N) is 4. The molecule has 234 valence electrons. The van der Waals surface area contributed by atoms with Crippen molar-refractivity contribution in [2.45, 2.75) is 30.4 Å². The zero-order valence-corrected chi connectivity index (χ0v) is 23.9. The van der Waals surface area contributed by atoms with Gasteiger partial charge in [0.15, 0.2) is 11.8 Å². The van der Waals surface area contributed by atoms with Crippen LogP contribution in [0.4, 0.5) is 31.1 Å². The number of likely N-dealkylation sites (N-methyl/N-ethyl adjacent to an activating group) is 1. The number of alkyl halides is 6. The van der Waals surface area contributed by atoms with E-state index in [0.717, 1.165) is 36.0 Å². The number of pyridine rings is 1. The summed E-state index contributed by atoms with van der Waals surface area (Å²) in [5, 5.41) is 0.295. The lowest BCUT2D eigenvalue weighted by Crippen LogP contribution is -2.34. The molecule has 4 aromatic rings. The number of thioether (sulfide) groups is 1. The largest absolute Gasteiger partial charge is 0.573 e. The first kappa shape index (κ1) is 32.4. The van der Waals surface area contributed by atoms with E-state index in [1.54, 1.807) is 31.2 Å². The lowest BCUT2D eigenvalue weighted by atomic mass is 10.2. The van der Waals surface area contributed by atoms with Crippen molar-refractivity contribution in [2.75, 3.05) is 26.8 Å². The van der Waals surface area contributed by atoms with Gasteiger partial charge in [0.1, 0.15) is 18.1 Å². The van der Waals surface area contributed by atoms with Gasteiger partial charge in [-0.05, 0) is 49.4 Å². The summed E-state index contributed by atoms with van der Waals surface area (Å²) >= 11 is 1.15. The second-order valence-corrected chi connectivity index (χ2v) is 10.1. The molecule has 4 rings (SSSR count). The topological polar surface area (TPSA) is 95.8 Å². The van der Waals surface area contributed by atoms with Gasteiger partial charge in [-0.2, -0.15) is 13.2 Å². The summed E-state index contributed by atoms with van der Waals surface area (Å²) in [7, 11) is 1.48. The van der Waals surface area contributed by atoms with Crippen molar-refractivity contribution in [1.29, 1.82) is 0 Å². The number of amides is 1. The third-order valence-electron chi connectivity index (χ3n) is 6.02. The Balaban J connectivity index is 1.42. The molecule has 0 unspecified atom stereocenters. The Labute approximate surface area is 250 Å². The maximum absolute atomic E-state index is 13.5. The van der Waals surface area contributed by atoms with E-state index in [1.165, 1.54) is 28.8 Å². The van der Waals surface area contributed by atoms with Crippen LogP contribution in [0.2, 0.25) is 0 Å². The van der Waals surface area contributed by atoms with Gasteiger partial charge in [0.25, 0.3) is 0 Å². The minimum atomic E-state index is -4.87. The summed E-state index contributed by atoms with van der Waals surface area (Å²) in [5.41, 5.74) is 1.87. The average molecular weight is 643 g/mol. The summed E-state index contributed by atoms with van der Waals surface area (Å²) in [6, 6.07) is 11.9. The fraction of sp³-hybridized carbons (Fsp3) is 0.286. The number of aromatic nitrogens is 3. The third-order valence-corrected chi connectivity index (χ3v) is 6.97. The van der Waals surface area contributed by atoms with Gasteiger partial charge in [-0.3, -0.25) is 4.98 Å². The fourth-order valence-electron chi connectivity index (χ4n) is 3.86. The van der Waals surface area contributed by atoms with Crippen molar-refractivity contribution in [1.82, 2.24) is 19.4 Å². The molecule has 0 fully saturated rings. The highest BCUT2D eigenvalue weighted by molar-refractivity contribution is 7.98. The number of hydrogen-bond donors (Lipinski definition) is 0. The molecule has 9 nitrogen and oxygen atoms in total. The Bertz CT molecular complexity index is 1630. The maximum atomic E-state index is 13.5. The van der Waals surface area contributed by atoms with E-state index in [2.05, 4.69) is 14.7 Å². The first-order valence-corrected chi connectivity index (χ1v) is 13.7. The molecule has 16 heteroatoms. The molecule has 0 radical (unpaired) electrons.